The lowest BCUT2D eigenvalue weighted by molar-refractivity contribution is 0.0703. The zero-order valence-corrected chi connectivity index (χ0v) is 10.6. The number of carboxylic acid groups (broad SMARTS) is 1. The molecule has 0 saturated heterocycles. The standard InChI is InChI=1S/C12H14N2O2S/c1-3-4-10-9(7-14(2)13-10)8-5-6-17-11(8)12(15)16/h5-7H,3-4H2,1-2H3,(H,15,16). The first-order valence-electron chi connectivity index (χ1n) is 5.47. The fourth-order valence-corrected chi connectivity index (χ4v) is 2.61. The molecule has 4 nitrogen and oxygen atoms in total. The molecule has 5 heteroatoms. The van der Waals surface area contributed by atoms with Crippen LogP contribution < -0.4 is 0 Å². The lowest BCUT2D eigenvalue weighted by atomic mass is 10.1. The number of hydrogen-bond acceptors (Lipinski definition) is 3. The molecule has 2 aromatic heterocycles. The third-order valence-electron chi connectivity index (χ3n) is 2.54. The molecule has 2 heterocycles. The highest BCUT2D eigenvalue weighted by molar-refractivity contribution is 7.12. The van der Waals surface area contributed by atoms with Crippen LogP contribution in [0.1, 0.15) is 28.7 Å². The van der Waals surface area contributed by atoms with Crippen molar-refractivity contribution in [2.75, 3.05) is 0 Å². The number of carbonyl (C=O) groups is 1. The molecule has 2 rings (SSSR count). The van der Waals surface area contributed by atoms with Gasteiger partial charge in [0.15, 0.2) is 0 Å². The summed E-state index contributed by atoms with van der Waals surface area (Å²) >= 11 is 1.25. The summed E-state index contributed by atoms with van der Waals surface area (Å²) in [4.78, 5) is 11.5. The summed E-state index contributed by atoms with van der Waals surface area (Å²) in [5.74, 6) is -0.874. The van der Waals surface area contributed by atoms with Gasteiger partial charge in [-0.15, -0.1) is 11.3 Å². The largest absolute Gasteiger partial charge is 0.477 e. The molecule has 1 N–H and O–H groups in total. The van der Waals surface area contributed by atoms with Gasteiger partial charge in [-0.2, -0.15) is 5.10 Å². The van der Waals surface area contributed by atoms with Crippen LogP contribution in [0.2, 0.25) is 0 Å². The Hall–Kier alpha value is -1.62. The van der Waals surface area contributed by atoms with Crippen LogP contribution in [0, 0.1) is 0 Å². The van der Waals surface area contributed by atoms with Gasteiger partial charge in [-0.3, -0.25) is 4.68 Å². The molecule has 0 amide bonds. The van der Waals surface area contributed by atoms with Gasteiger partial charge in [-0.05, 0) is 17.9 Å². The molecule has 0 aliphatic heterocycles. The third kappa shape index (κ3) is 2.24. The van der Waals surface area contributed by atoms with Crippen LogP contribution in [-0.4, -0.2) is 20.9 Å². The van der Waals surface area contributed by atoms with Crippen molar-refractivity contribution in [1.29, 1.82) is 0 Å². The van der Waals surface area contributed by atoms with E-state index in [-0.39, 0.29) is 0 Å². The number of carboxylic acids is 1. The van der Waals surface area contributed by atoms with E-state index in [1.165, 1.54) is 11.3 Å². The van der Waals surface area contributed by atoms with Gasteiger partial charge in [0.25, 0.3) is 0 Å². The lowest BCUT2D eigenvalue weighted by Gasteiger charge is -2.00. The predicted molar refractivity (Wildman–Crippen MR) is 67.5 cm³/mol. The summed E-state index contributed by atoms with van der Waals surface area (Å²) in [5, 5.41) is 15.3. The number of rotatable bonds is 4. The number of aryl methyl sites for hydroxylation is 2. The normalized spacial score (nSPS) is 10.7. The molecule has 0 aliphatic rings. The molecule has 0 fully saturated rings. The van der Waals surface area contributed by atoms with E-state index in [9.17, 15) is 4.79 Å². The van der Waals surface area contributed by atoms with E-state index >= 15 is 0 Å². The van der Waals surface area contributed by atoms with Crippen molar-refractivity contribution in [2.45, 2.75) is 19.8 Å². The Labute approximate surface area is 104 Å². The van der Waals surface area contributed by atoms with Crippen molar-refractivity contribution in [2.24, 2.45) is 7.05 Å². The molecule has 0 saturated carbocycles. The second kappa shape index (κ2) is 4.71. The number of hydrogen-bond donors (Lipinski definition) is 1. The van der Waals surface area contributed by atoms with Crippen LogP contribution >= 0.6 is 11.3 Å². The summed E-state index contributed by atoms with van der Waals surface area (Å²) in [6, 6.07) is 1.85. The maximum atomic E-state index is 11.1. The molecule has 0 bridgehead atoms. The summed E-state index contributed by atoms with van der Waals surface area (Å²) in [7, 11) is 1.86. The van der Waals surface area contributed by atoms with Crippen molar-refractivity contribution in [3.05, 3.63) is 28.2 Å². The molecule has 0 aliphatic carbocycles. The molecule has 90 valence electrons. The smallest absolute Gasteiger partial charge is 0.346 e. The highest BCUT2D eigenvalue weighted by atomic mass is 32.1. The predicted octanol–water partition coefficient (Wildman–Crippen LogP) is 2.80. The topological polar surface area (TPSA) is 55.1 Å². The van der Waals surface area contributed by atoms with Gasteiger partial charge in [0.1, 0.15) is 4.88 Å². The average Bonchev–Trinajstić information content (AvgIpc) is 2.84. The Kier molecular flexibility index (Phi) is 3.28. The fourth-order valence-electron chi connectivity index (χ4n) is 1.87. The first kappa shape index (κ1) is 11.9. The Morgan fingerprint density at radius 2 is 2.29 bits per heavy atom. The average molecular weight is 250 g/mol. The van der Waals surface area contributed by atoms with Crippen LogP contribution in [0.25, 0.3) is 11.1 Å². The van der Waals surface area contributed by atoms with E-state index in [1.54, 1.807) is 4.68 Å². The molecule has 0 unspecified atom stereocenters. The van der Waals surface area contributed by atoms with Crippen molar-refractivity contribution in [3.8, 4) is 11.1 Å². The summed E-state index contributed by atoms with van der Waals surface area (Å²) in [5.41, 5.74) is 2.68. The fraction of sp³-hybridized carbons (Fsp3) is 0.333. The maximum absolute atomic E-state index is 11.1. The zero-order valence-electron chi connectivity index (χ0n) is 9.80. The van der Waals surface area contributed by atoms with Gasteiger partial charge in [0.2, 0.25) is 0 Å². The second-order valence-corrected chi connectivity index (χ2v) is 4.80. The minimum absolute atomic E-state index is 0.385. The van der Waals surface area contributed by atoms with Crippen LogP contribution in [0.3, 0.4) is 0 Å². The van der Waals surface area contributed by atoms with E-state index in [2.05, 4.69) is 12.0 Å². The summed E-state index contributed by atoms with van der Waals surface area (Å²) in [6.45, 7) is 2.09. The molecule has 2 aromatic rings. The van der Waals surface area contributed by atoms with Gasteiger partial charge in [-0.1, -0.05) is 13.3 Å². The van der Waals surface area contributed by atoms with Crippen molar-refractivity contribution < 1.29 is 9.90 Å². The first-order chi connectivity index (χ1) is 8.13. The summed E-state index contributed by atoms with van der Waals surface area (Å²) in [6.07, 6.45) is 3.75. The number of thiophene rings is 1. The first-order valence-corrected chi connectivity index (χ1v) is 6.35. The number of aromatic carboxylic acids is 1. The van der Waals surface area contributed by atoms with Crippen LogP contribution in [0.5, 0.6) is 0 Å². The van der Waals surface area contributed by atoms with Gasteiger partial charge < -0.3 is 5.11 Å². The Morgan fingerprint density at radius 3 is 2.94 bits per heavy atom. The lowest BCUT2D eigenvalue weighted by Crippen LogP contribution is -1.95. The summed E-state index contributed by atoms with van der Waals surface area (Å²) < 4.78 is 1.74. The minimum Gasteiger partial charge on any atom is -0.477 e. The van der Waals surface area contributed by atoms with E-state index in [0.29, 0.717) is 4.88 Å². The van der Waals surface area contributed by atoms with Crippen molar-refractivity contribution in [1.82, 2.24) is 9.78 Å². The minimum atomic E-state index is -0.874. The molecule has 0 radical (unpaired) electrons. The Morgan fingerprint density at radius 1 is 1.53 bits per heavy atom. The SMILES string of the molecule is CCCc1nn(C)cc1-c1ccsc1C(=O)O. The van der Waals surface area contributed by atoms with Crippen LogP contribution in [0.4, 0.5) is 0 Å². The zero-order chi connectivity index (χ0) is 12.4. The third-order valence-corrected chi connectivity index (χ3v) is 3.44. The highest BCUT2D eigenvalue weighted by Gasteiger charge is 2.17. The van der Waals surface area contributed by atoms with Crippen LogP contribution in [-0.2, 0) is 13.5 Å². The number of nitrogens with zero attached hydrogens (tertiary/aromatic N) is 2. The van der Waals surface area contributed by atoms with E-state index in [1.807, 2.05) is 24.7 Å². The molecule has 0 atom stereocenters. The van der Waals surface area contributed by atoms with E-state index in [4.69, 9.17) is 5.11 Å². The van der Waals surface area contributed by atoms with Crippen LogP contribution in [0.15, 0.2) is 17.6 Å². The quantitative estimate of drug-likeness (QED) is 0.907. The Bertz CT molecular complexity index is 542. The second-order valence-electron chi connectivity index (χ2n) is 3.88. The van der Waals surface area contributed by atoms with Gasteiger partial charge in [0, 0.05) is 24.4 Å². The molecule has 17 heavy (non-hydrogen) atoms. The monoisotopic (exact) mass is 250 g/mol. The number of aromatic nitrogens is 2. The van der Waals surface area contributed by atoms with Gasteiger partial charge in [0.05, 0.1) is 5.69 Å². The van der Waals surface area contributed by atoms with Gasteiger partial charge >= 0.3 is 5.97 Å². The molecule has 0 spiro atoms. The Balaban J connectivity index is 2.51. The molecular formula is C12H14N2O2S. The van der Waals surface area contributed by atoms with Crippen molar-refractivity contribution in [3.63, 3.8) is 0 Å². The molecule has 0 aromatic carbocycles. The van der Waals surface area contributed by atoms with E-state index < -0.39 is 5.97 Å². The maximum Gasteiger partial charge on any atom is 0.346 e. The van der Waals surface area contributed by atoms with Crippen molar-refractivity contribution >= 4 is 17.3 Å². The van der Waals surface area contributed by atoms with Gasteiger partial charge in [-0.25, -0.2) is 4.79 Å². The highest BCUT2D eigenvalue weighted by Crippen LogP contribution is 2.30. The molecular weight excluding hydrogens is 236 g/mol. The van der Waals surface area contributed by atoms with E-state index in [0.717, 1.165) is 29.7 Å².